The highest BCUT2D eigenvalue weighted by molar-refractivity contribution is 5.89. The summed E-state index contributed by atoms with van der Waals surface area (Å²) in [5, 5.41) is 6.14. The van der Waals surface area contributed by atoms with Gasteiger partial charge in [-0.3, -0.25) is 0 Å². The normalized spacial score (nSPS) is 23.8. The van der Waals surface area contributed by atoms with Crippen molar-refractivity contribution in [1.82, 2.24) is 10.2 Å². The van der Waals surface area contributed by atoms with E-state index in [1.54, 1.807) is 17.0 Å². The summed E-state index contributed by atoms with van der Waals surface area (Å²) in [7, 11) is 0. The van der Waals surface area contributed by atoms with E-state index in [2.05, 4.69) is 10.6 Å². The van der Waals surface area contributed by atoms with Crippen LogP contribution >= 0.6 is 0 Å². The van der Waals surface area contributed by atoms with Crippen molar-refractivity contribution >= 4 is 11.7 Å². The molecule has 1 heterocycles. The van der Waals surface area contributed by atoms with E-state index in [-0.39, 0.29) is 23.9 Å². The van der Waals surface area contributed by atoms with Gasteiger partial charge in [-0.05, 0) is 38.1 Å². The minimum atomic E-state index is -0.308. The highest BCUT2D eigenvalue weighted by Crippen LogP contribution is 2.11. The Kier molecular flexibility index (Phi) is 3.81. The molecule has 2 atom stereocenters. The Morgan fingerprint density at radius 1 is 1.28 bits per heavy atom. The minimum Gasteiger partial charge on any atom is -0.321 e. The van der Waals surface area contributed by atoms with Gasteiger partial charge in [-0.2, -0.15) is 0 Å². The van der Waals surface area contributed by atoms with Crippen LogP contribution in [-0.4, -0.2) is 36.1 Å². The van der Waals surface area contributed by atoms with E-state index >= 15 is 0 Å². The van der Waals surface area contributed by atoms with E-state index in [0.717, 1.165) is 0 Å². The molecule has 0 spiro atoms. The number of carbonyl (C=O) groups is 1. The summed E-state index contributed by atoms with van der Waals surface area (Å²) >= 11 is 0. The summed E-state index contributed by atoms with van der Waals surface area (Å²) in [6.07, 6.45) is 0. The summed E-state index contributed by atoms with van der Waals surface area (Å²) < 4.78 is 12.7. The van der Waals surface area contributed by atoms with E-state index in [1.165, 1.54) is 12.1 Å². The highest BCUT2D eigenvalue weighted by Gasteiger charge is 2.24. The fraction of sp³-hybridized carbons (Fsp3) is 0.462. The van der Waals surface area contributed by atoms with Gasteiger partial charge in [0.1, 0.15) is 5.82 Å². The number of nitrogens with one attached hydrogen (secondary N) is 2. The summed E-state index contributed by atoms with van der Waals surface area (Å²) in [5.74, 6) is -0.308. The lowest BCUT2D eigenvalue weighted by Crippen LogP contribution is -2.56. The van der Waals surface area contributed by atoms with Crippen LogP contribution in [0.5, 0.6) is 0 Å². The average molecular weight is 251 g/mol. The van der Waals surface area contributed by atoms with Gasteiger partial charge < -0.3 is 15.5 Å². The third-order valence-corrected chi connectivity index (χ3v) is 2.94. The molecule has 1 saturated heterocycles. The van der Waals surface area contributed by atoms with Crippen LogP contribution in [0.1, 0.15) is 13.8 Å². The second kappa shape index (κ2) is 5.35. The summed E-state index contributed by atoms with van der Waals surface area (Å²) in [6.45, 7) is 5.45. The first-order valence-corrected chi connectivity index (χ1v) is 6.12. The molecule has 4 nitrogen and oxygen atoms in total. The lowest BCUT2D eigenvalue weighted by Gasteiger charge is -2.36. The van der Waals surface area contributed by atoms with E-state index in [0.29, 0.717) is 18.8 Å². The second-order valence-corrected chi connectivity index (χ2v) is 4.81. The molecular formula is C13H18FN3O. The molecule has 5 heteroatoms. The van der Waals surface area contributed by atoms with Gasteiger partial charge in [0.2, 0.25) is 0 Å². The van der Waals surface area contributed by atoms with Crippen LogP contribution in [0.2, 0.25) is 0 Å². The molecule has 0 bridgehead atoms. The van der Waals surface area contributed by atoms with E-state index in [1.807, 2.05) is 13.8 Å². The van der Waals surface area contributed by atoms with E-state index in [9.17, 15) is 9.18 Å². The predicted molar refractivity (Wildman–Crippen MR) is 69.1 cm³/mol. The number of nitrogens with zero attached hydrogens (tertiary/aromatic N) is 1. The minimum absolute atomic E-state index is 0.137. The van der Waals surface area contributed by atoms with Crippen LogP contribution < -0.4 is 10.6 Å². The van der Waals surface area contributed by atoms with Gasteiger partial charge in [0.15, 0.2) is 0 Å². The monoisotopic (exact) mass is 251 g/mol. The van der Waals surface area contributed by atoms with Crippen LogP contribution in [0, 0.1) is 5.82 Å². The van der Waals surface area contributed by atoms with Crippen molar-refractivity contribution in [2.24, 2.45) is 0 Å². The molecule has 1 aliphatic heterocycles. The molecule has 0 saturated carbocycles. The maximum absolute atomic E-state index is 12.7. The lowest BCUT2D eigenvalue weighted by atomic mass is 10.1. The molecule has 2 amide bonds. The van der Waals surface area contributed by atoms with Gasteiger partial charge in [-0.15, -0.1) is 0 Å². The predicted octanol–water partition coefficient (Wildman–Crippen LogP) is 2.04. The summed E-state index contributed by atoms with van der Waals surface area (Å²) in [6, 6.07) is 6.21. The van der Waals surface area contributed by atoms with Crippen molar-refractivity contribution in [3.63, 3.8) is 0 Å². The first-order chi connectivity index (χ1) is 8.54. The zero-order chi connectivity index (χ0) is 13.1. The zero-order valence-corrected chi connectivity index (χ0v) is 10.6. The van der Waals surface area contributed by atoms with Crippen molar-refractivity contribution in [2.75, 3.05) is 18.4 Å². The summed E-state index contributed by atoms with van der Waals surface area (Å²) in [4.78, 5) is 13.8. The van der Waals surface area contributed by atoms with Crippen molar-refractivity contribution in [3.05, 3.63) is 30.1 Å². The molecular weight excluding hydrogens is 233 g/mol. The van der Waals surface area contributed by atoms with Gasteiger partial charge in [0.05, 0.1) is 0 Å². The highest BCUT2D eigenvalue weighted by atomic mass is 19.1. The number of hydrogen-bond donors (Lipinski definition) is 2. The Morgan fingerprint density at radius 2 is 1.83 bits per heavy atom. The van der Waals surface area contributed by atoms with Gasteiger partial charge in [-0.1, -0.05) is 0 Å². The number of halogens is 1. The largest absolute Gasteiger partial charge is 0.321 e. The average Bonchev–Trinajstić information content (AvgIpc) is 2.31. The topological polar surface area (TPSA) is 44.4 Å². The Hall–Kier alpha value is -1.62. The number of carbonyl (C=O) groups excluding carboxylic acids is 1. The molecule has 98 valence electrons. The standard InChI is InChI=1S/C13H18FN3O/c1-9-7-17(8-10(2)15-9)13(18)16-12-5-3-11(14)4-6-12/h3-6,9-10,15H,7-8H2,1-2H3,(H,16,18). The molecule has 1 aromatic rings. The SMILES string of the molecule is CC1CN(C(=O)Nc2ccc(F)cc2)CC(C)N1. The van der Waals surface area contributed by atoms with Crippen molar-refractivity contribution < 1.29 is 9.18 Å². The van der Waals surface area contributed by atoms with Crippen LogP contribution in [0.3, 0.4) is 0 Å². The number of anilines is 1. The molecule has 2 rings (SSSR count). The molecule has 0 radical (unpaired) electrons. The van der Waals surface area contributed by atoms with Crippen LogP contribution in [0.4, 0.5) is 14.9 Å². The van der Waals surface area contributed by atoms with E-state index < -0.39 is 0 Å². The van der Waals surface area contributed by atoms with Crippen molar-refractivity contribution in [1.29, 1.82) is 0 Å². The maximum atomic E-state index is 12.7. The maximum Gasteiger partial charge on any atom is 0.321 e. The van der Waals surface area contributed by atoms with Crippen LogP contribution in [0.25, 0.3) is 0 Å². The molecule has 2 N–H and O–H groups in total. The fourth-order valence-corrected chi connectivity index (χ4v) is 2.23. The van der Waals surface area contributed by atoms with Crippen LogP contribution in [0.15, 0.2) is 24.3 Å². The number of piperazine rings is 1. The first-order valence-electron chi connectivity index (χ1n) is 6.12. The third-order valence-electron chi connectivity index (χ3n) is 2.94. The van der Waals surface area contributed by atoms with E-state index in [4.69, 9.17) is 0 Å². The lowest BCUT2D eigenvalue weighted by molar-refractivity contribution is 0.176. The zero-order valence-electron chi connectivity index (χ0n) is 10.6. The number of urea groups is 1. The number of amides is 2. The van der Waals surface area contributed by atoms with Crippen molar-refractivity contribution in [2.45, 2.75) is 25.9 Å². The van der Waals surface area contributed by atoms with Crippen molar-refractivity contribution in [3.8, 4) is 0 Å². The smallest absolute Gasteiger partial charge is 0.321 e. The number of benzene rings is 1. The Morgan fingerprint density at radius 3 is 2.39 bits per heavy atom. The quantitative estimate of drug-likeness (QED) is 0.802. The van der Waals surface area contributed by atoms with Gasteiger partial charge in [0, 0.05) is 30.9 Å². The third kappa shape index (κ3) is 3.20. The molecule has 0 aliphatic carbocycles. The molecule has 2 unspecified atom stereocenters. The first kappa shape index (κ1) is 12.8. The van der Waals surface area contributed by atoms with Gasteiger partial charge in [-0.25, -0.2) is 9.18 Å². The van der Waals surface area contributed by atoms with Crippen LogP contribution in [-0.2, 0) is 0 Å². The Bertz CT molecular complexity index is 411. The summed E-state index contributed by atoms with van der Waals surface area (Å²) in [5.41, 5.74) is 0.611. The van der Waals surface area contributed by atoms with Gasteiger partial charge >= 0.3 is 6.03 Å². The molecule has 1 fully saturated rings. The number of rotatable bonds is 1. The van der Waals surface area contributed by atoms with Gasteiger partial charge in [0.25, 0.3) is 0 Å². The Balaban J connectivity index is 1.97. The molecule has 1 aromatic carbocycles. The molecule has 1 aliphatic rings. The Labute approximate surface area is 106 Å². The molecule has 0 aromatic heterocycles. The molecule has 18 heavy (non-hydrogen) atoms. The second-order valence-electron chi connectivity index (χ2n) is 4.81. The number of hydrogen-bond acceptors (Lipinski definition) is 2. The fourth-order valence-electron chi connectivity index (χ4n) is 2.23.